The van der Waals surface area contributed by atoms with Crippen molar-refractivity contribution in [2.24, 2.45) is 0 Å². The molecule has 35 heavy (non-hydrogen) atoms. The van der Waals surface area contributed by atoms with Gasteiger partial charge in [-0.1, -0.05) is 77.6 Å². The molecular formula is C26H45FO8. The second kappa shape index (κ2) is 18.5. The van der Waals surface area contributed by atoms with Crippen molar-refractivity contribution in [3.05, 3.63) is 0 Å². The molecule has 0 aromatic carbocycles. The minimum absolute atomic E-state index is 0.282. The highest BCUT2D eigenvalue weighted by atomic mass is 19.1. The molecule has 1 heterocycles. The fourth-order valence-corrected chi connectivity index (χ4v) is 4.20. The summed E-state index contributed by atoms with van der Waals surface area (Å²) in [5.74, 6) is -1.92. The van der Waals surface area contributed by atoms with E-state index in [4.69, 9.17) is 23.7 Å². The first-order valence-electron chi connectivity index (χ1n) is 13.1. The van der Waals surface area contributed by atoms with Crippen molar-refractivity contribution in [1.29, 1.82) is 0 Å². The summed E-state index contributed by atoms with van der Waals surface area (Å²) < 4.78 is 41.3. The summed E-state index contributed by atoms with van der Waals surface area (Å²) in [6.07, 6.45) is 7.63. The Morgan fingerprint density at radius 3 is 1.66 bits per heavy atom. The van der Waals surface area contributed by atoms with Crippen LogP contribution >= 0.6 is 0 Å². The van der Waals surface area contributed by atoms with Crippen LogP contribution in [0, 0.1) is 0 Å². The molecule has 0 spiro atoms. The number of ether oxygens (including phenoxy) is 5. The van der Waals surface area contributed by atoms with Crippen molar-refractivity contribution in [2.45, 2.75) is 136 Å². The van der Waals surface area contributed by atoms with Crippen LogP contribution in [0.15, 0.2) is 0 Å². The lowest BCUT2D eigenvalue weighted by molar-refractivity contribution is -0.281. The predicted molar refractivity (Wildman–Crippen MR) is 128 cm³/mol. The van der Waals surface area contributed by atoms with Crippen molar-refractivity contribution in [1.82, 2.24) is 0 Å². The third-order valence-corrected chi connectivity index (χ3v) is 5.94. The van der Waals surface area contributed by atoms with Gasteiger partial charge in [0.2, 0.25) is 6.36 Å². The van der Waals surface area contributed by atoms with Gasteiger partial charge in [-0.15, -0.1) is 0 Å². The van der Waals surface area contributed by atoms with Crippen LogP contribution in [0.4, 0.5) is 4.39 Å². The van der Waals surface area contributed by atoms with Crippen LogP contribution in [0.2, 0.25) is 0 Å². The molecule has 1 saturated heterocycles. The Hall–Kier alpha value is -1.74. The van der Waals surface area contributed by atoms with Gasteiger partial charge in [0.1, 0.15) is 18.8 Å². The first-order valence-corrected chi connectivity index (χ1v) is 13.1. The van der Waals surface area contributed by atoms with Gasteiger partial charge in [-0.2, -0.15) is 0 Å². The molecule has 0 radical (unpaired) electrons. The molecule has 0 bridgehead atoms. The monoisotopic (exact) mass is 504 g/mol. The van der Waals surface area contributed by atoms with E-state index in [9.17, 15) is 18.8 Å². The van der Waals surface area contributed by atoms with Crippen LogP contribution in [-0.2, 0) is 38.1 Å². The Balaban J connectivity index is 2.50. The Kier molecular flexibility index (Phi) is 16.6. The topological polar surface area (TPSA) is 97.4 Å². The zero-order chi connectivity index (χ0) is 26.1. The minimum atomic E-state index is -2.02. The maximum Gasteiger partial charge on any atom is 0.303 e. The Morgan fingerprint density at radius 2 is 1.17 bits per heavy atom. The number of rotatable bonds is 18. The summed E-state index contributed by atoms with van der Waals surface area (Å²) in [4.78, 5) is 34.5. The van der Waals surface area contributed by atoms with E-state index in [1.54, 1.807) is 0 Å². The molecule has 0 saturated carbocycles. The summed E-state index contributed by atoms with van der Waals surface area (Å²) in [7, 11) is 0. The van der Waals surface area contributed by atoms with Crippen molar-refractivity contribution >= 4 is 17.9 Å². The standard InChI is InChI=1S/C26H45FO8/c1-5-6-7-8-9-10-11-12-13-14-15-16-17-31-24-23(33-20(3)29)22(18-32-19(2)28)35-26(27)25(24)34-21(4)30/h22-26H,5-18H2,1-4H3/t22-,23-,24+,25-,26+/m1/s1. The largest absolute Gasteiger partial charge is 0.463 e. The van der Waals surface area contributed by atoms with Crippen molar-refractivity contribution in [3.63, 3.8) is 0 Å². The second-order valence-electron chi connectivity index (χ2n) is 9.20. The van der Waals surface area contributed by atoms with Gasteiger partial charge in [0.25, 0.3) is 0 Å². The number of hydrogen-bond donors (Lipinski definition) is 0. The van der Waals surface area contributed by atoms with Gasteiger partial charge in [0, 0.05) is 27.4 Å². The van der Waals surface area contributed by atoms with Crippen LogP contribution in [0.1, 0.15) is 105 Å². The van der Waals surface area contributed by atoms with Gasteiger partial charge in [-0.25, -0.2) is 4.39 Å². The van der Waals surface area contributed by atoms with E-state index in [1.165, 1.54) is 65.2 Å². The van der Waals surface area contributed by atoms with Crippen LogP contribution in [0.3, 0.4) is 0 Å². The lowest BCUT2D eigenvalue weighted by atomic mass is 9.98. The molecule has 0 aliphatic carbocycles. The molecule has 204 valence electrons. The number of unbranched alkanes of at least 4 members (excludes halogenated alkanes) is 11. The number of carbonyl (C=O) groups is 3. The molecule has 0 N–H and O–H groups in total. The molecule has 1 aliphatic heterocycles. The zero-order valence-corrected chi connectivity index (χ0v) is 21.9. The fraction of sp³-hybridized carbons (Fsp3) is 0.885. The molecule has 0 amide bonds. The van der Waals surface area contributed by atoms with Crippen LogP contribution < -0.4 is 0 Å². The van der Waals surface area contributed by atoms with E-state index in [-0.39, 0.29) is 13.2 Å². The lowest BCUT2D eigenvalue weighted by Gasteiger charge is -2.42. The Morgan fingerprint density at radius 1 is 0.686 bits per heavy atom. The molecule has 0 aromatic heterocycles. The number of esters is 3. The SMILES string of the molecule is CCCCCCCCCCCCCCO[C@@H]1[C@@H](OC(C)=O)[C@@H](F)O[C@H](COC(C)=O)[C@H]1OC(C)=O. The van der Waals surface area contributed by atoms with Gasteiger partial charge in [0.05, 0.1) is 0 Å². The summed E-state index contributed by atoms with van der Waals surface area (Å²) in [5, 5.41) is 0. The Labute approximate surface area is 209 Å². The molecule has 8 nitrogen and oxygen atoms in total. The molecule has 1 aliphatic rings. The second-order valence-corrected chi connectivity index (χ2v) is 9.20. The van der Waals surface area contributed by atoms with Crippen molar-refractivity contribution in [2.75, 3.05) is 13.2 Å². The van der Waals surface area contributed by atoms with Crippen molar-refractivity contribution in [3.8, 4) is 0 Å². The maximum atomic E-state index is 14.7. The molecule has 5 atom stereocenters. The van der Waals surface area contributed by atoms with E-state index in [0.717, 1.165) is 32.6 Å². The highest BCUT2D eigenvalue weighted by Crippen LogP contribution is 2.30. The van der Waals surface area contributed by atoms with Gasteiger partial charge in [-0.05, 0) is 6.42 Å². The van der Waals surface area contributed by atoms with Crippen LogP contribution in [0.25, 0.3) is 0 Å². The van der Waals surface area contributed by atoms with E-state index in [0.29, 0.717) is 0 Å². The molecule has 1 fully saturated rings. The minimum Gasteiger partial charge on any atom is -0.463 e. The zero-order valence-electron chi connectivity index (χ0n) is 21.9. The maximum absolute atomic E-state index is 14.7. The smallest absolute Gasteiger partial charge is 0.303 e. The summed E-state index contributed by atoms with van der Waals surface area (Å²) >= 11 is 0. The van der Waals surface area contributed by atoms with E-state index >= 15 is 0 Å². The quantitative estimate of drug-likeness (QED) is 0.143. The van der Waals surface area contributed by atoms with Crippen LogP contribution in [0.5, 0.6) is 0 Å². The molecular weight excluding hydrogens is 459 g/mol. The average molecular weight is 505 g/mol. The average Bonchev–Trinajstić information content (AvgIpc) is 2.78. The number of halogens is 1. The van der Waals surface area contributed by atoms with Gasteiger partial charge in [-0.3, -0.25) is 14.4 Å². The highest BCUT2D eigenvalue weighted by Gasteiger charge is 2.51. The van der Waals surface area contributed by atoms with Gasteiger partial charge < -0.3 is 23.7 Å². The summed E-state index contributed by atoms with van der Waals surface area (Å²) in [6, 6.07) is 0. The summed E-state index contributed by atoms with van der Waals surface area (Å²) in [5.41, 5.74) is 0. The molecule has 9 heteroatoms. The first-order chi connectivity index (χ1) is 16.8. The van der Waals surface area contributed by atoms with E-state index in [1.807, 2.05) is 0 Å². The fourth-order valence-electron chi connectivity index (χ4n) is 4.20. The van der Waals surface area contributed by atoms with E-state index in [2.05, 4.69) is 6.92 Å². The molecule has 0 unspecified atom stereocenters. The number of alkyl halides is 1. The van der Waals surface area contributed by atoms with Crippen molar-refractivity contribution < 1.29 is 42.5 Å². The summed E-state index contributed by atoms with van der Waals surface area (Å²) in [6.45, 7) is 5.75. The number of hydrogen-bond acceptors (Lipinski definition) is 8. The lowest BCUT2D eigenvalue weighted by Crippen LogP contribution is -2.61. The highest BCUT2D eigenvalue weighted by molar-refractivity contribution is 5.67. The normalized spacial score (nSPS) is 24.1. The molecule has 1 rings (SSSR count). The van der Waals surface area contributed by atoms with E-state index < -0.39 is 48.7 Å². The first kappa shape index (κ1) is 31.3. The predicted octanol–water partition coefficient (Wildman–Crippen LogP) is 5.19. The third-order valence-electron chi connectivity index (χ3n) is 5.94. The van der Waals surface area contributed by atoms with Gasteiger partial charge in [0.15, 0.2) is 12.2 Å². The van der Waals surface area contributed by atoms with Crippen LogP contribution in [-0.4, -0.2) is 61.9 Å². The Bertz CT molecular complexity index is 614. The number of carbonyl (C=O) groups excluding carboxylic acids is 3. The molecule has 0 aromatic rings. The third kappa shape index (κ3) is 13.8. The van der Waals surface area contributed by atoms with Gasteiger partial charge >= 0.3 is 17.9 Å².